The molecule has 1 aromatic rings. The first-order valence-electron chi connectivity index (χ1n) is 9.08. The fourth-order valence-electron chi connectivity index (χ4n) is 4.32. The van der Waals surface area contributed by atoms with Crippen LogP contribution in [0.5, 0.6) is 0 Å². The molecule has 0 radical (unpaired) electrons. The van der Waals surface area contributed by atoms with Crippen LogP contribution >= 0.6 is 0 Å². The lowest BCUT2D eigenvalue weighted by Gasteiger charge is -2.20. The van der Waals surface area contributed by atoms with Crippen molar-refractivity contribution in [3.63, 3.8) is 0 Å². The Kier molecular flexibility index (Phi) is 5.54. The van der Waals surface area contributed by atoms with Crippen molar-refractivity contribution in [1.82, 2.24) is 5.32 Å². The van der Waals surface area contributed by atoms with Gasteiger partial charge in [0.05, 0.1) is 0 Å². The van der Waals surface area contributed by atoms with Crippen molar-refractivity contribution in [3.8, 4) is 0 Å². The van der Waals surface area contributed by atoms with Gasteiger partial charge in [0.25, 0.3) is 5.91 Å². The Morgan fingerprint density at radius 1 is 1.21 bits per heavy atom. The van der Waals surface area contributed by atoms with Gasteiger partial charge in [0.2, 0.25) is 0 Å². The highest BCUT2D eigenvalue weighted by Crippen LogP contribution is 2.49. The highest BCUT2D eigenvalue weighted by atomic mass is 16.5. The molecule has 0 spiro atoms. The maximum absolute atomic E-state index is 11.9. The van der Waals surface area contributed by atoms with E-state index in [0.29, 0.717) is 24.8 Å². The molecule has 2 aliphatic rings. The standard InChI is InChI=1S/C20H27NO3/c1-14-4-2-3-5-16(14)8-9-21-19(22)13-24-20(23)12-18-11-15-6-7-17(18)10-15/h2-5,15,17-18H,6-13H2,1H3,(H,21,22)/t15-,17-,18+/m1/s1. The summed E-state index contributed by atoms with van der Waals surface area (Å²) in [5, 5.41) is 2.82. The van der Waals surface area contributed by atoms with Gasteiger partial charge >= 0.3 is 5.97 Å². The number of hydrogen-bond donors (Lipinski definition) is 1. The van der Waals surface area contributed by atoms with Gasteiger partial charge in [-0.05, 0) is 61.5 Å². The summed E-state index contributed by atoms with van der Waals surface area (Å²) in [6.07, 6.45) is 6.33. The molecule has 130 valence electrons. The second kappa shape index (κ2) is 7.82. The first-order chi connectivity index (χ1) is 11.6. The van der Waals surface area contributed by atoms with E-state index in [1.54, 1.807) is 0 Å². The summed E-state index contributed by atoms with van der Waals surface area (Å²) < 4.78 is 5.15. The molecule has 1 aromatic carbocycles. The van der Waals surface area contributed by atoms with Gasteiger partial charge in [0, 0.05) is 13.0 Å². The summed E-state index contributed by atoms with van der Waals surface area (Å²) in [5.74, 6) is 1.59. The van der Waals surface area contributed by atoms with Crippen molar-refractivity contribution in [1.29, 1.82) is 0 Å². The number of benzene rings is 1. The predicted molar refractivity (Wildman–Crippen MR) is 92.4 cm³/mol. The van der Waals surface area contributed by atoms with Crippen molar-refractivity contribution in [2.75, 3.05) is 13.2 Å². The van der Waals surface area contributed by atoms with E-state index in [-0.39, 0.29) is 18.5 Å². The highest BCUT2D eigenvalue weighted by molar-refractivity contribution is 5.80. The van der Waals surface area contributed by atoms with E-state index >= 15 is 0 Å². The van der Waals surface area contributed by atoms with Crippen LogP contribution in [-0.4, -0.2) is 25.0 Å². The van der Waals surface area contributed by atoms with Crippen LogP contribution in [-0.2, 0) is 20.7 Å². The summed E-state index contributed by atoms with van der Waals surface area (Å²) in [5.41, 5.74) is 2.45. The number of rotatable bonds is 7. The van der Waals surface area contributed by atoms with Crippen molar-refractivity contribution >= 4 is 11.9 Å². The molecule has 0 aromatic heterocycles. The third kappa shape index (κ3) is 4.37. The van der Waals surface area contributed by atoms with Crippen LogP contribution < -0.4 is 5.32 Å². The Morgan fingerprint density at radius 2 is 2.04 bits per heavy atom. The molecule has 2 saturated carbocycles. The Hall–Kier alpha value is -1.84. The van der Waals surface area contributed by atoms with Gasteiger partial charge in [0.15, 0.2) is 6.61 Å². The minimum absolute atomic E-state index is 0.159. The number of aryl methyl sites for hydroxylation is 1. The predicted octanol–water partition coefficient (Wildman–Crippen LogP) is 3.02. The fourth-order valence-corrected chi connectivity index (χ4v) is 4.32. The van der Waals surface area contributed by atoms with Crippen molar-refractivity contribution in [2.45, 2.75) is 45.4 Å². The molecule has 0 saturated heterocycles. The zero-order chi connectivity index (χ0) is 16.9. The van der Waals surface area contributed by atoms with Crippen LogP contribution in [0.25, 0.3) is 0 Å². The number of ether oxygens (including phenoxy) is 1. The largest absolute Gasteiger partial charge is 0.456 e. The molecule has 2 fully saturated rings. The van der Waals surface area contributed by atoms with Gasteiger partial charge in [-0.15, -0.1) is 0 Å². The van der Waals surface area contributed by atoms with Gasteiger partial charge < -0.3 is 10.1 Å². The van der Waals surface area contributed by atoms with E-state index < -0.39 is 0 Å². The Labute approximate surface area is 144 Å². The quantitative estimate of drug-likeness (QED) is 0.782. The molecule has 1 N–H and O–H groups in total. The Bertz CT molecular complexity index is 598. The van der Waals surface area contributed by atoms with Crippen LogP contribution in [0.2, 0.25) is 0 Å². The molecule has 4 nitrogen and oxygen atoms in total. The van der Waals surface area contributed by atoms with E-state index in [9.17, 15) is 9.59 Å². The summed E-state index contributed by atoms with van der Waals surface area (Å²) in [6, 6.07) is 8.14. The van der Waals surface area contributed by atoms with Crippen LogP contribution in [0.1, 0.15) is 43.2 Å². The number of fused-ring (bicyclic) bond motifs is 2. The lowest BCUT2D eigenvalue weighted by molar-refractivity contribution is -0.149. The van der Waals surface area contributed by atoms with Crippen LogP contribution in [0, 0.1) is 24.7 Å². The normalized spacial score (nSPS) is 24.8. The fraction of sp³-hybridized carbons (Fsp3) is 0.600. The number of amides is 1. The average molecular weight is 329 g/mol. The van der Waals surface area contributed by atoms with Crippen LogP contribution in [0.4, 0.5) is 0 Å². The lowest BCUT2D eigenvalue weighted by Crippen LogP contribution is -2.31. The minimum atomic E-state index is -0.221. The number of nitrogens with one attached hydrogen (secondary N) is 1. The molecular weight excluding hydrogens is 302 g/mol. The SMILES string of the molecule is Cc1ccccc1CCNC(=O)COC(=O)C[C@@H]1C[C@@H]2CC[C@@H]1C2. The number of carbonyl (C=O) groups excluding carboxylic acids is 2. The van der Waals surface area contributed by atoms with Crippen LogP contribution in [0.3, 0.4) is 0 Å². The second-order valence-corrected chi connectivity index (χ2v) is 7.33. The van der Waals surface area contributed by atoms with Crippen molar-refractivity contribution in [2.24, 2.45) is 17.8 Å². The molecule has 2 bridgehead atoms. The maximum atomic E-state index is 11.9. The van der Waals surface area contributed by atoms with E-state index in [1.165, 1.54) is 36.8 Å². The second-order valence-electron chi connectivity index (χ2n) is 7.33. The highest BCUT2D eigenvalue weighted by Gasteiger charge is 2.40. The van der Waals surface area contributed by atoms with Gasteiger partial charge in [-0.3, -0.25) is 9.59 Å². The summed E-state index contributed by atoms with van der Waals surface area (Å²) >= 11 is 0. The lowest BCUT2D eigenvalue weighted by atomic mass is 9.86. The molecule has 3 atom stereocenters. The topological polar surface area (TPSA) is 55.4 Å². The van der Waals surface area contributed by atoms with E-state index in [2.05, 4.69) is 24.4 Å². The Morgan fingerprint density at radius 3 is 2.75 bits per heavy atom. The van der Waals surface area contributed by atoms with Gasteiger partial charge in [-0.2, -0.15) is 0 Å². The first kappa shape index (κ1) is 17.0. The van der Waals surface area contributed by atoms with Crippen molar-refractivity contribution in [3.05, 3.63) is 35.4 Å². The average Bonchev–Trinajstić information content (AvgIpc) is 3.17. The molecule has 0 heterocycles. The van der Waals surface area contributed by atoms with Gasteiger partial charge in [-0.1, -0.05) is 30.7 Å². The molecule has 4 heteroatoms. The third-order valence-electron chi connectivity index (χ3n) is 5.66. The van der Waals surface area contributed by atoms with Gasteiger partial charge in [0.1, 0.15) is 0 Å². The number of esters is 1. The zero-order valence-corrected chi connectivity index (χ0v) is 14.4. The van der Waals surface area contributed by atoms with E-state index in [0.717, 1.165) is 12.3 Å². The molecule has 3 rings (SSSR count). The molecule has 1 amide bonds. The number of carbonyl (C=O) groups is 2. The number of hydrogen-bond acceptors (Lipinski definition) is 3. The molecule has 24 heavy (non-hydrogen) atoms. The zero-order valence-electron chi connectivity index (χ0n) is 14.4. The minimum Gasteiger partial charge on any atom is -0.456 e. The smallest absolute Gasteiger partial charge is 0.306 e. The molecule has 0 aliphatic heterocycles. The van der Waals surface area contributed by atoms with Crippen LogP contribution in [0.15, 0.2) is 24.3 Å². The summed E-state index contributed by atoms with van der Waals surface area (Å²) in [7, 11) is 0. The summed E-state index contributed by atoms with van der Waals surface area (Å²) in [4.78, 5) is 23.7. The third-order valence-corrected chi connectivity index (χ3v) is 5.66. The summed E-state index contributed by atoms with van der Waals surface area (Å²) in [6.45, 7) is 2.47. The molecule has 2 aliphatic carbocycles. The molecule has 0 unspecified atom stereocenters. The van der Waals surface area contributed by atoms with Crippen molar-refractivity contribution < 1.29 is 14.3 Å². The molecular formula is C20H27NO3. The van der Waals surface area contributed by atoms with E-state index in [4.69, 9.17) is 4.74 Å². The maximum Gasteiger partial charge on any atom is 0.306 e. The van der Waals surface area contributed by atoms with Gasteiger partial charge in [-0.25, -0.2) is 0 Å². The van der Waals surface area contributed by atoms with E-state index in [1.807, 2.05) is 12.1 Å². The monoisotopic (exact) mass is 329 g/mol. The first-order valence-corrected chi connectivity index (χ1v) is 9.08. The Balaban J connectivity index is 1.31.